The van der Waals surface area contributed by atoms with Crippen LogP contribution in [0.3, 0.4) is 0 Å². The molecule has 0 aliphatic heterocycles. The third-order valence-corrected chi connectivity index (χ3v) is 5.05. The number of rotatable bonds is 11. The fraction of sp³-hybridized carbons (Fsp3) is 0.435. The molecule has 0 fully saturated rings. The first-order valence-corrected chi connectivity index (χ1v) is 10.4. The fourth-order valence-corrected chi connectivity index (χ4v) is 3.51. The maximum absolute atomic E-state index is 12.2. The van der Waals surface area contributed by atoms with Crippen molar-refractivity contribution in [3.05, 3.63) is 60.2 Å². The summed E-state index contributed by atoms with van der Waals surface area (Å²) in [7, 11) is 0. The molecule has 5 heteroatoms. The number of unbranched alkanes of at least 4 members (excludes halogenated alkanes) is 5. The summed E-state index contributed by atoms with van der Waals surface area (Å²) in [5, 5.41) is 2.99. The Balaban J connectivity index is 1.59. The minimum Gasteiger partial charge on any atom is -0.352 e. The number of benzene rings is 1. The molecule has 3 rings (SSSR count). The van der Waals surface area contributed by atoms with E-state index < -0.39 is 0 Å². The van der Waals surface area contributed by atoms with Crippen molar-refractivity contribution in [2.24, 2.45) is 0 Å². The number of nitrogens with one attached hydrogen (secondary N) is 1. The van der Waals surface area contributed by atoms with Gasteiger partial charge in [0.1, 0.15) is 5.82 Å². The monoisotopic (exact) mass is 378 g/mol. The van der Waals surface area contributed by atoms with Crippen LogP contribution < -0.4 is 5.32 Å². The van der Waals surface area contributed by atoms with E-state index in [1.807, 2.05) is 6.07 Å². The van der Waals surface area contributed by atoms with E-state index in [4.69, 9.17) is 4.98 Å². The molecule has 0 unspecified atom stereocenters. The number of fused-ring (bicyclic) bond motifs is 1. The second-order valence-corrected chi connectivity index (χ2v) is 7.18. The second-order valence-electron chi connectivity index (χ2n) is 7.18. The molecule has 2 heterocycles. The molecule has 0 radical (unpaired) electrons. The average Bonchev–Trinajstić information content (AvgIpc) is 3.08. The summed E-state index contributed by atoms with van der Waals surface area (Å²) in [6, 6.07) is 11.7. The molecular weight excluding hydrogens is 348 g/mol. The summed E-state index contributed by atoms with van der Waals surface area (Å²) in [6.45, 7) is 3.80. The summed E-state index contributed by atoms with van der Waals surface area (Å²) >= 11 is 0. The van der Waals surface area contributed by atoms with Crippen LogP contribution >= 0.6 is 0 Å². The molecule has 3 aromatic rings. The van der Waals surface area contributed by atoms with Crippen molar-refractivity contribution in [2.75, 3.05) is 6.54 Å². The maximum Gasteiger partial charge on any atom is 0.251 e. The van der Waals surface area contributed by atoms with Crippen LogP contribution in [0.1, 0.15) is 61.6 Å². The van der Waals surface area contributed by atoms with Crippen molar-refractivity contribution >= 4 is 16.9 Å². The summed E-state index contributed by atoms with van der Waals surface area (Å²) in [5.74, 6) is 0.978. The van der Waals surface area contributed by atoms with E-state index in [2.05, 4.69) is 40.0 Å². The highest BCUT2D eigenvalue weighted by Crippen LogP contribution is 2.18. The molecule has 0 aliphatic rings. The van der Waals surface area contributed by atoms with Crippen molar-refractivity contribution in [1.82, 2.24) is 19.9 Å². The van der Waals surface area contributed by atoms with Crippen LogP contribution in [-0.2, 0) is 13.0 Å². The lowest BCUT2D eigenvalue weighted by atomic mass is 10.1. The fourth-order valence-electron chi connectivity index (χ4n) is 3.51. The van der Waals surface area contributed by atoms with Gasteiger partial charge in [-0.1, -0.05) is 51.2 Å². The Bertz CT molecular complexity index is 873. The summed E-state index contributed by atoms with van der Waals surface area (Å²) in [6.07, 6.45) is 11.7. The highest BCUT2D eigenvalue weighted by atomic mass is 16.1. The van der Waals surface area contributed by atoms with Gasteiger partial charge < -0.3 is 9.88 Å². The minimum absolute atomic E-state index is 0.0685. The summed E-state index contributed by atoms with van der Waals surface area (Å²) in [5.41, 5.74) is 2.85. The number of aromatic nitrogens is 3. The van der Waals surface area contributed by atoms with Crippen LogP contribution in [0.4, 0.5) is 0 Å². The molecule has 0 saturated carbocycles. The van der Waals surface area contributed by atoms with E-state index in [-0.39, 0.29) is 5.91 Å². The Morgan fingerprint density at radius 1 is 1.00 bits per heavy atom. The molecule has 0 saturated heterocycles. The predicted molar refractivity (Wildman–Crippen MR) is 113 cm³/mol. The first kappa shape index (κ1) is 20.1. The lowest BCUT2D eigenvalue weighted by Crippen LogP contribution is -2.26. The van der Waals surface area contributed by atoms with Gasteiger partial charge in [-0.05, 0) is 30.7 Å². The quantitative estimate of drug-likeness (QED) is 0.489. The normalized spacial score (nSPS) is 11.0. The molecule has 1 N–H and O–H groups in total. The summed E-state index contributed by atoms with van der Waals surface area (Å²) in [4.78, 5) is 21.0. The van der Waals surface area contributed by atoms with Crippen LogP contribution in [0.2, 0.25) is 0 Å². The van der Waals surface area contributed by atoms with Gasteiger partial charge in [-0.3, -0.25) is 9.78 Å². The first-order chi connectivity index (χ1) is 13.8. The number of aryl methyl sites for hydroxylation is 1. The molecule has 148 valence electrons. The molecule has 0 aliphatic carbocycles. The van der Waals surface area contributed by atoms with E-state index in [9.17, 15) is 4.79 Å². The largest absolute Gasteiger partial charge is 0.352 e. The van der Waals surface area contributed by atoms with E-state index in [1.165, 1.54) is 44.0 Å². The third-order valence-electron chi connectivity index (χ3n) is 5.05. The van der Waals surface area contributed by atoms with Crippen LogP contribution in [0, 0.1) is 0 Å². The van der Waals surface area contributed by atoms with Gasteiger partial charge >= 0.3 is 0 Å². The molecular formula is C23H30N4O. The zero-order valence-electron chi connectivity index (χ0n) is 16.7. The number of para-hydroxylation sites is 2. The smallest absolute Gasteiger partial charge is 0.251 e. The van der Waals surface area contributed by atoms with Crippen molar-refractivity contribution in [1.29, 1.82) is 0 Å². The van der Waals surface area contributed by atoms with E-state index in [0.29, 0.717) is 12.1 Å². The molecule has 5 nitrogen and oxygen atoms in total. The molecule has 0 atom stereocenters. The van der Waals surface area contributed by atoms with Gasteiger partial charge in [-0.2, -0.15) is 0 Å². The van der Waals surface area contributed by atoms with Gasteiger partial charge in [0.25, 0.3) is 5.91 Å². The maximum atomic E-state index is 12.2. The number of hydrogen-bond acceptors (Lipinski definition) is 3. The predicted octanol–water partition coefficient (Wildman–Crippen LogP) is 4.76. The Morgan fingerprint density at radius 3 is 2.57 bits per heavy atom. The minimum atomic E-state index is -0.0685. The lowest BCUT2D eigenvalue weighted by molar-refractivity contribution is 0.0954. The lowest BCUT2D eigenvalue weighted by Gasteiger charge is -2.10. The zero-order chi connectivity index (χ0) is 19.6. The molecule has 28 heavy (non-hydrogen) atoms. The van der Waals surface area contributed by atoms with Crippen molar-refractivity contribution in [3.63, 3.8) is 0 Å². The first-order valence-electron chi connectivity index (χ1n) is 10.4. The SMILES string of the molecule is CCCCCCCCn1c(CCNC(=O)c2ccncc2)nc2ccccc21. The van der Waals surface area contributed by atoms with E-state index in [1.54, 1.807) is 24.5 Å². The number of carbonyl (C=O) groups excluding carboxylic acids is 1. The van der Waals surface area contributed by atoms with Gasteiger partial charge in [-0.15, -0.1) is 0 Å². The Kier molecular flexibility index (Phi) is 7.59. The topological polar surface area (TPSA) is 59.8 Å². The van der Waals surface area contributed by atoms with Crippen molar-refractivity contribution in [3.8, 4) is 0 Å². The molecule has 2 aromatic heterocycles. The zero-order valence-corrected chi connectivity index (χ0v) is 16.7. The number of carbonyl (C=O) groups is 1. The number of imidazole rings is 1. The Morgan fingerprint density at radius 2 is 1.75 bits per heavy atom. The Labute approximate surface area is 167 Å². The van der Waals surface area contributed by atoms with Crippen LogP contribution in [0.5, 0.6) is 0 Å². The van der Waals surface area contributed by atoms with Crippen LogP contribution in [0.25, 0.3) is 11.0 Å². The second kappa shape index (κ2) is 10.6. The van der Waals surface area contributed by atoms with E-state index >= 15 is 0 Å². The highest BCUT2D eigenvalue weighted by molar-refractivity contribution is 5.93. The average molecular weight is 379 g/mol. The van der Waals surface area contributed by atoms with Gasteiger partial charge in [-0.25, -0.2) is 4.98 Å². The van der Waals surface area contributed by atoms with Gasteiger partial charge in [0, 0.05) is 37.5 Å². The molecule has 1 aromatic carbocycles. The molecule has 1 amide bonds. The number of amides is 1. The van der Waals surface area contributed by atoms with Crippen LogP contribution in [-0.4, -0.2) is 27.0 Å². The van der Waals surface area contributed by atoms with Gasteiger partial charge in [0.15, 0.2) is 0 Å². The van der Waals surface area contributed by atoms with Gasteiger partial charge in [0.05, 0.1) is 11.0 Å². The van der Waals surface area contributed by atoms with E-state index in [0.717, 1.165) is 24.3 Å². The Hall–Kier alpha value is -2.69. The number of pyridine rings is 1. The molecule has 0 spiro atoms. The number of hydrogen-bond donors (Lipinski definition) is 1. The third kappa shape index (κ3) is 5.41. The van der Waals surface area contributed by atoms with Crippen LogP contribution in [0.15, 0.2) is 48.8 Å². The summed E-state index contributed by atoms with van der Waals surface area (Å²) < 4.78 is 2.33. The van der Waals surface area contributed by atoms with Gasteiger partial charge in [0.2, 0.25) is 0 Å². The standard InChI is InChI=1S/C23H30N4O/c1-2-3-4-5-6-9-18-27-21-11-8-7-10-20(21)26-22(27)14-17-25-23(28)19-12-15-24-16-13-19/h7-8,10-13,15-16H,2-6,9,14,17-18H2,1H3,(H,25,28). The molecule has 0 bridgehead atoms. The highest BCUT2D eigenvalue weighted by Gasteiger charge is 2.11. The number of nitrogens with zero attached hydrogens (tertiary/aromatic N) is 3. The van der Waals surface area contributed by atoms with Crippen molar-refractivity contribution in [2.45, 2.75) is 58.4 Å². The van der Waals surface area contributed by atoms with Crippen molar-refractivity contribution < 1.29 is 4.79 Å².